The monoisotopic (exact) mass is 480 g/mol. The fourth-order valence-corrected chi connectivity index (χ4v) is 4.06. The molecule has 0 aliphatic carbocycles. The number of nitrogens with zero attached hydrogens (tertiary/aromatic N) is 7. The normalized spacial score (nSPS) is 13.1. The number of tetrazole rings is 1. The lowest BCUT2D eigenvalue weighted by Crippen LogP contribution is -2.31. The van der Waals surface area contributed by atoms with Crippen molar-refractivity contribution in [3.8, 4) is 12.1 Å². The molecule has 0 fully saturated rings. The fraction of sp³-hybridized carbons (Fsp3) is 0.269. The van der Waals surface area contributed by atoms with Gasteiger partial charge in [-0.1, -0.05) is 24.3 Å². The van der Waals surface area contributed by atoms with E-state index in [1.54, 1.807) is 41.3 Å². The zero-order chi connectivity index (χ0) is 25.5. The van der Waals surface area contributed by atoms with E-state index < -0.39 is 6.04 Å². The summed E-state index contributed by atoms with van der Waals surface area (Å²) in [5, 5.41) is 33.0. The quantitative estimate of drug-likeness (QED) is 0.488. The van der Waals surface area contributed by atoms with Crippen molar-refractivity contribution in [1.82, 2.24) is 30.4 Å². The maximum absolute atomic E-state index is 13.3. The molecular weight excluding hydrogens is 456 g/mol. The van der Waals surface area contributed by atoms with E-state index in [2.05, 4.69) is 33.0 Å². The standard InChI is InChI=1S/C26H24N8O2/c1-18-14-21(8-9-22(18)26(36)33-11-2-3-12-33)25(35)29-23(20-7-4-6-19(15-20)17-28)16-24-30-31-32-34(24)13-5-10-27/h2-4,6-9,14-15,23H,5,11-13,16H2,1H3,(H,29,35). The minimum absolute atomic E-state index is 0.0696. The Hall–Kier alpha value is -4.83. The number of carbonyl (C=O) groups is 2. The summed E-state index contributed by atoms with van der Waals surface area (Å²) in [6.07, 6.45) is 4.41. The number of nitrogens with one attached hydrogen (secondary N) is 1. The van der Waals surface area contributed by atoms with Crippen LogP contribution in [-0.2, 0) is 13.0 Å². The predicted molar refractivity (Wildman–Crippen MR) is 129 cm³/mol. The number of nitriles is 2. The molecule has 180 valence electrons. The molecule has 36 heavy (non-hydrogen) atoms. The molecule has 1 atom stereocenters. The molecule has 2 heterocycles. The molecule has 1 unspecified atom stereocenters. The second-order valence-corrected chi connectivity index (χ2v) is 8.41. The summed E-state index contributed by atoms with van der Waals surface area (Å²) in [5.74, 6) is 0.109. The van der Waals surface area contributed by atoms with Gasteiger partial charge in [0.25, 0.3) is 11.8 Å². The third kappa shape index (κ3) is 5.45. The van der Waals surface area contributed by atoms with Gasteiger partial charge in [0.2, 0.25) is 0 Å². The largest absolute Gasteiger partial charge is 0.345 e. The van der Waals surface area contributed by atoms with Crippen molar-refractivity contribution >= 4 is 11.8 Å². The van der Waals surface area contributed by atoms with Crippen molar-refractivity contribution in [1.29, 1.82) is 10.5 Å². The van der Waals surface area contributed by atoms with Crippen LogP contribution in [0.15, 0.2) is 54.6 Å². The van der Waals surface area contributed by atoms with Gasteiger partial charge in [0.15, 0.2) is 5.82 Å². The Morgan fingerprint density at radius 3 is 2.67 bits per heavy atom. The van der Waals surface area contributed by atoms with Crippen molar-refractivity contribution < 1.29 is 9.59 Å². The van der Waals surface area contributed by atoms with E-state index in [0.29, 0.717) is 47.7 Å². The van der Waals surface area contributed by atoms with E-state index in [1.807, 2.05) is 25.1 Å². The molecule has 10 heteroatoms. The first kappa shape index (κ1) is 24.3. The summed E-state index contributed by atoms with van der Waals surface area (Å²) in [5.41, 5.74) is 2.87. The molecule has 1 N–H and O–H groups in total. The molecule has 0 radical (unpaired) electrons. The molecule has 4 rings (SSSR count). The minimum Gasteiger partial charge on any atom is -0.345 e. The van der Waals surface area contributed by atoms with E-state index in [4.69, 9.17) is 5.26 Å². The van der Waals surface area contributed by atoms with Crippen LogP contribution in [0.4, 0.5) is 0 Å². The maximum atomic E-state index is 13.3. The third-order valence-electron chi connectivity index (χ3n) is 5.98. The highest BCUT2D eigenvalue weighted by Gasteiger charge is 2.22. The number of hydrogen-bond acceptors (Lipinski definition) is 7. The summed E-state index contributed by atoms with van der Waals surface area (Å²) in [4.78, 5) is 27.8. The second kappa shape index (κ2) is 11.1. The number of aromatic nitrogens is 4. The van der Waals surface area contributed by atoms with Crippen LogP contribution in [0.2, 0.25) is 0 Å². The van der Waals surface area contributed by atoms with Gasteiger partial charge >= 0.3 is 0 Å². The van der Waals surface area contributed by atoms with Crippen molar-refractivity contribution in [2.24, 2.45) is 0 Å². The molecular formula is C26H24N8O2. The van der Waals surface area contributed by atoms with Crippen molar-refractivity contribution in [2.45, 2.75) is 32.4 Å². The van der Waals surface area contributed by atoms with Crippen LogP contribution in [-0.4, -0.2) is 50.0 Å². The molecule has 2 aromatic carbocycles. The van der Waals surface area contributed by atoms with E-state index >= 15 is 0 Å². The molecule has 10 nitrogen and oxygen atoms in total. The number of carbonyl (C=O) groups excluding carboxylic acids is 2. The summed E-state index contributed by atoms with van der Waals surface area (Å²) in [6, 6.07) is 15.7. The summed E-state index contributed by atoms with van der Waals surface area (Å²) in [7, 11) is 0. The Morgan fingerprint density at radius 2 is 1.94 bits per heavy atom. The average Bonchev–Trinajstić information content (AvgIpc) is 3.59. The van der Waals surface area contributed by atoms with Gasteiger partial charge in [-0.05, 0) is 58.8 Å². The van der Waals surface area contributed by atoms with E-state index in [9.17, 15) is 14.9 Å². The predicted octanol–water partition coefficient (Wildman–Crippen LogP) is 2.49. The van der Waals surface area contributed by atoms with Gasteiger partial charge in [0.1, 0.15) is 0 Å². The van der Waals surface area contributed by atoms with Crippen LogP contribution in [0.1, 0.15) is 55.7 Å². The van der Waals surface area contributed by atoms with Gasteiger partial charge in [0.05, 0.1) is 36.7 Å². The lowest BCUT2D eigenvalue weighted by atomic mass is 9.99. The Morgan fingerprint density at radius 1 is 1.14 bits per heavy atom. The molecule has 1 aliphatic heterocycles. The van der Waals surface area contributed by atoms with Gasteiger partial charge < -0.3 is 10.2 Å². The lowest BCUT2D eigenvalue weighted by Gasteiger charge is -2.20. The first-order valence-corrected chi connectivity index (χ1v) is 11.5. The van der Waals surface area contributed by atoms with E-state index in [1.165, 1.54) is 4.68 Å². The van der Waals surface area contributed by atoms with Crippen molar-refractivity contribution in [2.75, 3.05) is 13.1 Å². The lowest BCUT2D eigenvalue weighted by molar-refractivity contribution is 0.0798. The first-order chi connectivity index (χ1) is 17.5. The molecule has 1 aliphatic rings. The van der Waals surface area contributed by atoms with Crippen LogP contribution in [0.5, 0.6) is 0 Å². The van der Waals surface area contributed by atoms with E-state index in [-0.39, 0.29) is 24.7 Å². The van der Waals surface area contributed by atoms with Crippen LogP contribution in [0.3, 0.4) is 0 Å². The average molecular weight is 481 g/mol. The summed E-state index contributed by atoms with van der Waals surface area (Å²) >= 11 is 0. The zero-order valence-corrected chi connectivity index (χ0v) is 19.8. The van der Waals surface area contributed by atoms with Crippen LogP contribution >= 0.6 is 0 Å². The number of hydrogen-bond donors (Lipinski definition) is 1. The number of amides is 2. The van der Waals surface area contributed by atoms with Gasteiger partial charge in [-0.15, -0.1) is 5.10 Å². The smallest absolute Gasteiger partial charge is 0.254 e. The van der Waals surface area contributed by atoms with Crippen LogP contribution in [0, 0.1) is 29.6 Å². The van der Waals surface area contributed by atoms with Crippen molar-refractivity contribution in [3.05, 3.63) is 88.3 Å². The van der Waals surface area contributed by atoms with Crippen molar-refractivity contribution in [3.63, 3.8) is 0 Å². The Balaban J connectivity index is 1.57. The Labute approximate surface area is 208 Å². The van der Waals surface area contributed by atoms with Gasteiger partial charge in [-0.2, -0.15) is 10.5 Å². The highest BCUT2D eigenvalue weighted by molar-refractivity contribution is 5.99. The molecule has 0 bridgehead atoms. The molecule has 1 aromatic heterocycles. The fourth-order valence-electron chi connectivity index (χ4n) is 4.06. The van der Waals surface area contributed by atoms with Crippen LogP contribution in [0.25, 0.3) is 0 Å². The van der Waals surface area contributed by atoms with E-state index in [0.717, 1.165) is 5.56 Å². The maximum Gasteiger partial charge on any atom is 0.254 e. The molecule has 0 spiro atoms. The summed E-state index contributed by atoms with van der Waals surface area (Å²) < 4.78 is 1.54. The summed E-state index contributed by atoms with van der Waals surface area (Å²) in [6.45, 7) is 3.30. The number of aryl methyl sites for hydroxylation is 2. The zero-order valence-electron chi connectivity index (χ0n) is 19.8. The third-order valence-corrected chi connectivity index (χ3v) is 5.98. The Kier molecular flexibility index (Phi) is 7.47. The number of benzene rings is 2. The highest BCUT2D eigenvalue weighted by atomic mass is 16.2. The molecule has 0 saturated carbocycles. The first-order valence-electron chi connectivity index (χ1n) is 11.5. The Bertz CT molecular complexity index is 1390. The molecule has 3 aromatic rings. The highest BCUT2D eigenvalue weighted by Crippen LogP contribution is 2.21. The number of rotatable bonds is 8. The topological polar surface area (TPSA) is 141 Å². The van der Waals surface area contributed by atoms with Gasteiger partial charge in [-0.25, -0.2) is 4.68 Å². The SMILES string of the molecule is Cc1cc(C(=O)NC(Cc2nnnn2CCC#N)c2cccc(C#N)c2)ccc1C(=O)N1CC=CC1. The molecule has 0 saturated heterocycles. The van der Waals surface area contributed by atoms with Gasteiger partial charge in [-0.3, -0.25) is 9.59 Å². The van der Waals surface area contributed by atoms with Crippen LogP contribution < -0.4 is 5.32 Å². The molecule has 2 amide bonds. The minimum atomic E-state index is -0.532. The second-order valence-electron chi connectivity index (χ2n) is 8.41. The van der Waals surface area contributed by atoms with Gasteiger partial charge in [0, 0.05) is 30.6 Å².